The molecule has 106 valence electrons. The van der Waals surface area contributed by atoms with Crippen molar-refractivity contribution in [1.29, 1.82) is 0 Å². The van der Waals surface area contributed by atoms with Crippen LogP contribution in [-0.2, 0) is 0 Å². The Kier molecular flexibility index (Phi) is 3.51. The summed E-state index contributed by atoms with van der Waals surface area (Å²) in [5.74, 6) is 0.176. The van der Waals surface area contributed by atoms with Gasteiger partial charge in [-0.15, -0.1) is 0 Å². The fraction of sp³-hybridized carbons (Fsp3) is 0.471. The number of hydrogen-bond acceptors (Lipinski definition) is 2. The van der Waals surface area contributed by atoms with E-state index in [-0.39, 0.29) is 5.91 Å². The molecule has 0 unspecified atom stereocenters. The molecule has 1 aromatic rings. The van der Waals surface area contributed by atoms with Crippen LogP contribution in [0.4, 0.5) is 5.69 Å². The maximum Gasteiger partial charge on any atom is 0.253 e. The molecule has 1 aromatic carbocycles. The number of rotatable bonds is 2. The molecule has 2 fully saturated rings. The summed E-state index contributed by atoms with van der Waals surface area (Å²) in [7, 11) is 4.02. The highest BCUT2D eigenvalue weighted by Gasteiger charge is 2.24. The molecular weight excluding hydrogens is 248 g/mol. The molecule has 1 heterocycles. The van der Waals surface area contributed by atoms with Crippen LogP contribution in [0.1, 0.15) is 36.0 Å². The van der Waals surface area contributed by atoms with Gasteiger partial charge in [0.1, 0.15) is 0 Å². The molecule has 1 aliphatic carbocycles. The molecule has 1 amide bonds. The van der Waals surface area contributed by atoms with Crippen LogP contribution in [0.25, 0.3) is 0 Å². The first kappa shape index (κ1) is 13.2. The molecule has 0 aromatic heterocycles. The third-order valence-electron chi connectivity index (χ3n) is 4.28. The van der Waals surface area contributed by atoms with Crippen LogP contribution < -0.4 is 4.90 Å². The average molecular weight is 270 g/mol. The molecule has 1 aliphatic heterocycles. The minimum atomic E-state index is 0.176. The van der Waals surface area contributed by atoms with Crippen LogP contribution in [0.5, 0.6) is 0 Å². The van der Waals surface area contributed by atoms with Crippen LogP contribution in [-0.4, -0.2) is 38.0 Å². The zero-order chi connectivity index (χ0) is 14.1. The van der Waals surface area contributed by atoms with E-state index in [1.54, 1.807) is 11.1 Å². The second-order valence-electron chi connectivity index (χ2n) is 5.94. The maximum absolute atomic E-state index is 12.5. The predicted octanol–water partition coefficient (Wildman–Crippen LogP) is 3.08. The van der Waals surface area contributed by atoms with E-state index in [9.17, 15) is 4.79 Å². The first-order chi connectivity index (χ1) is 9.65. The van der Waals surface area contributed by atoms with Crippen molar-refractivity contribution >= 4 is 11.6 Å². The molecule has 3 heteroatoms. The second-order valence-corrected chi connectivity index (χ2v) is 5.94. The molecule has 20 heavy (non-hydrogen) atoms. The zero-order valence-corrected chi connectivity index (χ0v) is 12.4. The largest absolute Gasteiger partial charge is 0.378 e. The number of carbonyl (C=O) groups is 1. The number of allylic oxidation sites excluding steroid dienone is 1. The van der Waals surface area contributed by atoms with Gasteiger partial charge in [0, 0.05) is 38.4 Å². The number of hydrogen-bond donors (Lipinski definition) is 0. The van der Waals surface area contributed by atoms with Gasteiger partial charge in [0.2, 0.25) is 0 Å². The van der Waals surface area contributed by atoms with Crippen LogP contribution in [0, 0.1) is 0 Å². The number of anilines is 1. The van der Waals surface area contributed by atoms with Gasteiger partial charge in [0.15, 0.2) is 0 Å². The predicted molar refractivity (Wildman–Crippen MR) is 82.2 cm³/mol. The Morgan fingerprint density at radius 3 is 2.00 bits per heavy atom. The van der Waals surface area contributed by atoms with Crippen molar-refractivity contribution in [3.8, 4) is 0 Å². The van der Waals surface area contributed by atoms with Crippen molar-refractivity contribution in [3.63, 3.8) is 0 Å². The van der Waals surface area contributed by atoms with Crippen LogP contribution in [0.15, 0.2) is 35.4 Å². The molecule has 0 radical (unpaired) electrons. The molecule has 0 atom stereocenters. The van der Waals surface area contributed by atoms with Gasteiger partial charge in [-0.05, 0) is 49.9 Å². The lowest BCUT2D eigenvalue weighted by Gasteiger charge is -2.28. The van der Waals surface area contributed by atoms with Crippen molar-refractivity contribution < 1.29 is 4.79 Å². The Labute approximate surface area is 120 Å². The summed E-state index contributed by atoms with van der Waals surface area (Å²) >= 11 is 0. The molecule has 3 nitrogen and oxygen atoms in total. The van der Waals surface area contributed by atoms with Crippen molar-refractivity contribution in [1.82, 2.24) is 4.90 Å². The van der Waals surface area contributed by atoms with Gasteiger partial charge in [-0.1, -0.05) is 11.1 Å². The first-order valence-corrected chi connectivity index (χ1v) is 7.41. The number of carbonyl (C=O) groups excluding carboxylic acids is 1. The molecule has 1 saturated carbocycles. The van der Waals surface area contributed by atoms with Gasteiger partial charge in [0.05, 0.1) is 0 Å². The summed E-state index contributed by atoms with van der Waals surface area (Å²) in [6.45, 7) is 1.76. The van der Waals surface area contributed by atoms with E-state index in [2.05, 4.69) is 0 Å². The van der Waals surface area contributed by atoms with Crippen LogP contribution in [0.3, 0.4) is 0 Å². The molecule has 3 rings (SSSR count). The topological polar surface area (TPSA) is 23.6 Å². The zero-order valence-electron chi connectivity index (χ0n) is 12.4. The van der Waals surface area contributed by atoms with E-state index >= 15 is 0 Å². The average Bonchev–Trinajstić information content (AvgIpc) is 3.31. The quantitative estimate of drug-likeness (QED) is 0.771. The van der Waals surface area contributed by atoms with Crippen molar-refractivity contribution in [2.75, 3.05) is 32.1 Å². The highest BCUT2D eigenvalue weighted by Crippen LogP contribution is 2.36. The van der Waals surface area contributed by atoms with Gasteiger partial charge in [-0.2, -0.15) is 0 Å². The number of nitrogens with zero attached hydrogens (tertiary/aromatic N) is 2. The molecule has 1 saturated heterocycles. The lowest BCUT2D eigenvalue weighted by Crippen LogP contribution is -2.36. The normalized spacial score (nSPS) is 18.2. The van der Waals surface area contributed by atoms with E-state index in [1.807, 2.05) is 48.2 Å². The highest BCUT2D eigenvalue weighted by molar-refractivity contribution is 5.94. The highest BCUT2D eigenvalue weighted by atomic mass is 16.2. The van der Waals surface area contributed by atoms with E-state index in [4.69, 9.17) is 0 Å². The van der Waals surface area contributed by atoms with Crippen LogP contribution in [0.2, 0.25) is 0 Å². The third-order valence-corrected chi connectivity index (χ3v) is 4.28. The van der Waals surface area contributed by atoms with Crippen molar-refractivity contribution in [2.45, 2.75) is 25.7 Å². The van der Waals surface area contributed by atoms with Gasteiger partial charge >= 0.3 is 0 Å². The number of likely N-dealkylation sites (tertiary alicyclic amines) is 1. The minimum absolute atomic E-state index is 0.176. The summed E-state index contributed by atoms with van der Waals surface area (Å²) in [5.41, 5.74) is 5.21. The summed E-state index contributed by atoms with van der Waals surface area (Å²) in [5, 5.41) is 0. The summed E-state index contributed by atoms with van der Waals surface area (Å²) in [6.07, 6.45) is 4.76. The summed E-state index contributed by atoms with van der Waals surface area (Å²) in [4.78, 5) is 16.5. The van der Waals surface area contributed by atoms with Gasteiger partial charge in [-0.25, -0.2) is 0 Å². The van der Waals surface area contributed by atoms with Gasteiger partial charge in [0.25, 0.3) is 5.91 Å². The number of piperidine rings is 1. The maximum atomic E-state index is 12.5. The smallest absolute Gasteiger partial charge is 0.253 e. The number of benzene rings is 1. The van der Waals surface area contributed by atoms with E-state index in [0.717, 1.165) is 37.2 Å². The Balaban J connectivity index is 1.65. The van der Waals surface area contributed by atoms with E-state index in [0.29, 0.717) is 0 Å². The number of amides is 1. The van der Waals surface area contributed by atoms with E-state index in [1.165, 1.54) is 12.8 Å². The molecule has 2 aliphatic rings. The Morgan fingerprint density at radius 1 is 0.950 bits per heavy atom. The molecule has 0 bridgehead atoms. The van der Waals surface area contributed by atoms with E-state index < -0.39 is 0 Å². The molecule has 0 N–H and O–H groups in total. The molecular formula is C17H22N2O. The lowest BCUT2D eigenvalue weighted by atomic mass is 10.0. The lowest BCUT2D eigenvalue weighted by molar-refractivity contribution is 0.0743. The summed E-state index contributed by atoms with van der Waals surface area (Å²) < 4.78 is 0. The monoisotopic (exact) mass is 270 g/mol. The standard InChI is InChI=1S/C17H22N2O/c1-18(2)16-7-5-15(6-8-16)17(20)19-11-9-14(10-12-19)13-3-4-13/h5-8H,3-4,9-12H2,1-2H3. The Bertz CT molecular complexity index is 527. The summed E-state index contributed by atoms with van der Waals surface area (Å²) in [6, 6.07) is 7.89. The first-order valence-electron chi connectivity index (χ1n) is 7.41. The van der Waals surface area contributed by atoms with Crippen molar-refractivity contribution in [3.05, 3.63) is 41.0 Å². The molecule has 0 spiro atoms. The second kappa shape index (κ2) is 5.31. The SMILES string of the molecule is CN(C)c1ccc(C(=O)N2CCC(=C3CC3)CC2)cc1. The van der Waals surface area contributed by atoms with Crippen LogP contribution >= 0.6 is 0 Å². The van der Waals surface area contributed by atoms with Gasteiger partial charge < -0.3 is 9.80 Å². The Morgan fingerprint density at radius 2 is 1.50 bits per heavy atom. The Hall–Kier alpha value is -1.77. The van der Waals surface area contributed by atoms with Crippen molar-refractivity contribution in [2.24, 2.45) is 0 Å². The third kappa shape index (κ3) is 2.72. The minimum Gasteiger partial charge on any atom is -0.378 e. The fourth-order valence-corrected chi connectivity index (χ4v) is 2.83. The fourth-order valence-electron chi connectivity index (χ4n) is 2.83. The van der Waals surface area contributed by atoms with Gasteiger partial charge in [-0.3, -0.25) is 4.79 Å².